The maximum absolute atomic E-state index is 12.1. The quantitative estimate of drug-likeness (QED) is 0.743. The highest BCUT2D eigenvalue weighted by atomic mass is 32.1. The van der Waals surface area contributed by atoms with Crippen molar-refractivity contribution in [2.75, 3.05) is 7.11 Å². The van der Waals surface area contributed by atoms with Crippen molar-refractivity contribution in [3.63, 3.8) is 0 Å². The summed E-state index contributed by atoms with van der Waals surface area (Å²) < 4.78 is 4.90. The Morgan fingerprint density at radius 1 is 1.13 bits per heavy atom. The number of nitrogens with zero attached hydrogens (tertiary/aromatic N) is 1. The third-order valence-corrected chi connectivity index (χ3v) is 4.54. The summed E-state index contributed by atoms with van der Waals surface area (Å²) in [5.41, 5.74) is 9.22. The van der Waals surface area contributed by atoms with Crippen LogP contribution in [0.1, 0.15) is 15.2 Å². The minimum atomic E-state index is -0.373. The van der Waals surface area contributed by atoms with E-state index in [9.17, 15) is 4.79 Å². The van der Waals surface area contributed by atoms with Gasteiger partial charge in [0, 0.05) is 17.7 Å². The number of nitrogens with two attached hydrogens (primary N) is 1. The van der Waals surface area contributed by atoms with Crippen molar-refractivity contribution in [3.8, 4) is 21.8 Å². The number of hydrogen-bond donors (Lipinski definition) is 1. The number of carbonyl (C=O) groups excluding carboxylic acids is 1. The van der Waals surface area contributed by atoms with Crippen LogP contribution >= 0.6 is 11.3 Å². The average molecular weight is 324 g/mol. The van der Waals surface area contributed by atoms with Gasteiger partial charge in [-0.3, -0.25) is 0 Å². The monoisotopic (exact) mass is 324 g/mol. The Kier molecular flexibility index (Phi) is 4.50. The SMILES string of the molecule is COC(=O)c1sc(-c2cccc(CN)c2)nc1-c1ccccc1. The lowest BCUT2D eigenvalue weighted by Gasteiger charge is -2.00. The van der Waals surface area contributed by atoms with Crippen LogP contribution in [-0.4, -0.2) is 18.1 Å². The Labute approximate surface area is 138 Å². The van der Waals surface area contributed by atoms with Gasteiger partial charge in [-0.2, -0.15) is 0 Å². The van der Waals surface area contributed by atoms with E-state index in [2.05, 4.69) is 4.98 Å². The summed E-state index contributed by atoms with van der Waals surface area (Å²) in [6.45, 7) is 0.467. The number of ether oxygens (including phenoxy) is 1. The lowest BCUT2D eigenvalue weighted by atomic mass is 10.1. The van der Waals surface area contributed by atoms with E-state index >= 15 is 0 Å². The largest absolute Gasteiger partial charge is 0.465 e. The summed E-state index contributed by atoms with van der Waals surface area (Å²) in [6.07, 6.45) is 0. The molecule has 0 saturated heterocycles. The minimum Gasteiger partial charge on any atom is -0.465 e. The molecule has 0 atom stereocenters. The molecule has 5 heteroatoms. The number of methoxy groups -OCH3 is 1. The van der Waals surface area contributed by atoms with E-state index in [0.29, 0.717) is 17.1 Å². The van der Waals surface area contributed by atoms with Gasteiger partial charge in [0.25, 0.3) is 0 Å². The zero-order chi connectivity index (χ0) is 16.2. The van der Waals surface area contributed by atoms with Gasteiger partial charge in [-0.05, 0) is 11.6 Å². The molecule has 116 valence electrons. The number of benzene rings is 2. The van der Waals surface area contributed by atoms with Crippen LogP contribution in [0.25, 0.3) is 21.8 Å². The van der Waals surface area contributed by atoms with Gasteiger partial charge in [-0.25, -0.2) is 9.78 Å². The van der Waals surface area contributed by atoms with Gasteiger partial charge < -0.3 is 10.5 Å². The van der Waals surface area contributed by atoms with E-state index in [0.717, 1.165) is 21.7 Å². The lowest BCUT2D eigenvalue weighted by Crippen LogP contribution is -2.00. The highest BCUT2D eigenvalue weighted by Crippen LogP contribution is 2.34. The van der Waals surface area contributed by atoms with E-state index in [4.69, 9.17) is 10.5 Å². The molecule has 0 spiro atoms. The third kappa shape index (κ3) is 3.16. The van der Waals surface area contributed by atoms with E-state index in [1.807, 2.05) is 54.6 Å². The molecule has 1 aromatic heterocycles. The van der Waals surface area contributed by atoms with Crippen LogP contribution in [0.2, 0.25) is 0 Å². The Bertz CT molecular complexity index is 828. The molecule has 2 aromatic carbocycles. The first kappa shape index (κ1) is 15.4. The van der Waals surface area contributed by atoms with Crippen molar-refractivity contribution >= 4 is 17.3 Å². The molecule has 3 rings (SSSR count). The Balaban J connectivity index is 2.13. The van der Waals surface area contributed by atoms with Crippen molar-refractivity contribution in [1.82, 2.24) is 4.98 Å². The fourth-order valence-corrected chi connectivity index (χ4v) is 3.30. The van der Waals surface area contributed by atoms with E-state index in [1.54, 1.807) is 0 Å². The number of aromatic nitrogens is 1. The molecule has 0 radical (unpaired) electrons. The first-order chi connectivity index (χ1) is 11.2. The molecule has 0 saturated carbocycles. The van der Waals surface area contributed by atoms with Gasteiger partial charge in [0.1, 0.15) is 9.88 Å². The summed E-state index contributed by atoms with van der Waals surface area (Å²) in [4.78, 5) is 17.3. The predicted molar refractivity (Wildman–Crippen MR) is 92.2 cm³/mol. The highest BCUT2D eigenvalue weighted by Gasteiger charge is 2.20. The van der Waals surface area contributed by atoms with Crippen LogP contribution < -0.4 is 5.73 Å². The van der Waals surface area contributed by atoms with Crippen molar-refractivity contribution in [3.05, 3.63) is 65.0 Å². The Morgan fingerprint density at radius 2 is 1.87 bits per heavy atom. The highest BCUT2D eigenvalue weighted by molar-refractivity contribution is 7.17. The molecular formula is C18H16N2O2S. The standard InChI is InChI=1S/C18H16N2O2S/c1-22-18(21)16-15(13-7-3-2-4-8-13)20-17(23-16)14-9-5-6-12(10-14)11-19/h2-10H,11,19H2,1H3. The smallest absolute Gasteiger partial charge is 0.350 e. The van der Waals surface area contributed by atoms with Gasteiger partial charge in [-0.15, -0.1) is 11.3 Å². The first-order valence-electron chi connectivity index (χ1n) is 7.17. The molecule has 0 bridgehead atoms. The number of carbonyl (C=O) groups is 1. The first-order valence-corrected chi connectivity index (χ1v) is 7.98. The number of hydrogen-bond acceptors (Lipinski definition) is 5. The zero-order valence-electron chi connectivity index (χ0n) is 12.7. The second-order valence-corrected chi connectivity index (χ2v) is 5.96. The van der Waals surface area contributed by atoms with E-state index < -0.39 is 0 Å². The summed E-state index contributed by atoms with van der Waals surface area (Å²) in [6, 6.07) is 17.5. The Morgan fingerprint density at radius 3 is 2.57 bits per heavy atom. The molecule has 0 aliphatic carbocycles. The summed E-state index contributed by atoms with van der Waals surface area (Å²) in [5, 5.41) is 0.777. The molecule has 0 fully saturated rings. The van der Waals surface area contributed by atoms with Crippen LogP contribution in [0.15, 0.2) is 54.6 Å². The van der Waals surface area contributed by atoms with Gasteiger partial charge >= 0.3 is 5.97 Å². The molecule has 23 heavy (non-hydrogen) atoms. The molecule has 0 aliphatic heterocycles. The zero-order valence-corrected chi connectivity index (χ0v) is 13.5. The molecule has 0 unspecified atom stereocenters. The lowest BCUT2D eigenvalue weighted by molar-refractivity contribution is 0.0607. The second kappa shape index (κ2) is 6.73. The fraction of sp³-hybridized carbons (Fsp3) is 0.111. The van der Waals surface area contributed by atoms with Crippen molar-refractivity contribution in [1.29, 1.82) is 0 Å². The van der Waals surface area contributed by atoms with Gasteiger partial charge in [0.15, 0.2) is 0 Å². The molecule has 4 nitrogen and oxygen atoms in total. The normalized spacial score (nSPS) is 10.5. The maximum Gasteiger partial charge on any atom is 0.350 e. The maximum atomic E-state index is 12.1. The van der Waals surface area contributed by atoms with E-state index in [1.165, 1.54) is 18.4 Å². The molecule has 0 aliphatic rings. The van der Waals surface area contributed by atoms with Gasteiger partial charge in [0.05, 0.1) is 12.8 Å². The molecular weight excluding hydrogens is 308 g/mol. The average Bonchev–Trinajstić information content (AvgIpc) is 3.07. The number of rotatable bonds is 4. The van der Waals surface area contributed by atoms with Gasteiger partial charge in [-0.1, -0.05) is 48.5 Å². The molecule has 1 heterocycles. The van der Waals surface area contributed by atoms with Crippen molar-refractivity contribution < 1.29 is 9.53 Å². The molecule has 3 aromatic rings. The minimum absolute atomic E-state index is 0.373. The fourth-order valence-electron chi connectivity index (χ4n) is 2.30. The number of esters is 1. The van der Waals surface area contributed by atoms with E-state index in [-0.39, 0.29) is 5.97 Å². The molecule has 0 amide bonds. The van der Waals surface area contributed by atoms with Crippen LogP contribution in [0.3, 0.4) is 0 Å². The van der Waals surface area contributed by atoms with Crippen molar-refractivity contribution in [2.45, 2.75) is 6.54 Å². The number of thiazole rings is 1. The van der Waals surface area contributed by atoms with Crippen LogP contribution in [-0.2, 0) is 11.3 Å². The molecule has 2 N–H and O–H groups in total. The third-order valence-electron chi connectivity index (χ3n) is 3.45. The van der Waals surface area contributed by atoms with Crippen LogP contribution in [0.4, 0.5) is 0 Å². The topological polar surface area (TPSA) is 65.2 Å². The van der Waals surface area contributed by atoms with Crippen LogP contribution in [0, 0.1) is 0 Å². The Hall–Kier alpha value is -2.50. The summed E-state index contributed by atoms with van der Waals surface area (Å²) in [5.74, 6) is -0.373. The van der Waals surface area contributed by atoms with Crippen LogP contribution in [0.5, 0.6) is 0 Å². The summed E-state index contributed by atoms with van der Waals surface area (Å²) >= 11 is 1.33. The summed E-state index contributed by atoms with van der Waals surface area (Å²) in [7, 11) is 1.38. The second-order valence-electron chi connectivity index (χ2n) is 4.96. The van der Waals surface area contributed by atoms with Crippen molar-refractivity contribution in [2.24, 2.45) is 5.73 Å². The van der Waals surface area contributed by atoms with Gasteiger partial charge in [0.2, 0.25) is 0 Å². The predicted octanol–water partition coefficient (Wildman–Crippen LogP) is 3.72.